The fourth-order valence-corrected chi connectivity index (χ4v) is 3.39. The van der Waals surface area contributed by atoms with Crippen LogP contribution < -0.4 is 0 Å². The van der Waals surface area contributed by atoms with E-state index in [0.717, 1.165) is 17.5 Å². The molecule has 23 heavy (non-hydrogen) atoms. The van der Waals surface area contributed by atoms with Gasteiger partial charge in [-0.05, 0) is 35.6 Å². The first-order chi connectivity index (χ1) is 11.1. The molecule has 1 heterocycles. The maximum Gasteiger partial charge on any atom is 0.179 e. The Morgan fingerprint density at radius 1 is 1.13 bits per heavy atom. The van der Waals surface area contributed by atoms with Crippen LogP contribution in [0.25, 0.3) is 11.0 Å². The zero-order valence-corrected chi connectivity index (χ0v) is 13.3. The van der Waals surface area contributed by atoms with E-state index in [1.807, 2.05) is 6.07 Å². The first-order valence-electron chi connectivity index (χ1n) is 7.91. The van der Waals surface area contributed by atoms with E-state index in [9.17, 15) is 4.79 Å². The lowest BCUT2D eigenvalue weighted by Gasteiger charge is -2.13. The molecule has 0 bridgehead atoms. The molecule has 1 saturated carbocycles. The first-order valence-corrected chi connectivity index (χ1v) is 7.91. The van der Waals surface area contributed by atoms with E-state index < -0.39 is 0 Å². The van der Waals surface area contributed by atoms with E-state index in [0.29, 0.717) is 11.6 Å². The zero-order valence-electron chi connectivity index (χ0n) is 13.3. The second-order valence-corrected chi connectivity index (χ2v) is 6.60. The summed E-state index contributed by atoms with van der Waals surface area (Å²) in [4.78, 5) is 20.3. The smallest absolute Gasteiger partial charge is 0.179 e. The fraction of sp³-hybridized carbons (Fsp3) is 0.250. The number of fused-ring (bicyclic) bond motifs is 1. The number of benzene rings is 2. The molecule has 0 saturated heterocycles. The molecule has 0 aliphatic heterocycles. The number of hydrogen-bond acceptors (Lipinski definition) is 3. The third-order valence-electron chi connectivity index (χ3n) is 5.00. The van der Waals surface area contributed by atoms with Crippen LogP contribution in [0.1, 0.15) is 47.8 Å². The van der Waals surface area contributed by atoms with Crippen molar-refractivity contribution in [3.63, 3.8) is 0 Å². The molecular formula is C20H18N2O. The minimum atomic E-state index is -0.0513. The van der Waals surface area contributed by atoms with Crippen LogP contribution in [0.15, 0.2) is 54.7 Å². The molecule has 2 unspecified atom stereocenters. The Labute approximate surface area is 135 Å². The summed E-state index contributed by atoms with van der Waals surface area (Å²) in [6.45, 7) is 3.82. The van der Waals surface area contributed by atoms with Gasteiger partial charge in [0.25, 0.3) is 0 Å². The number of nitrogens with zero attached hydrogens (tertiary/aromatic N) is 2. The average molecular weight is 302 g/mol. The van der Waals surface area contributed by atoms with Gasteiger partial charge in [-0.25, -0.2) is 4.98 Å². The molecule has 1 fully saturated rings. The standard InChI is InChI=1S/C20H18N2O/c1-13(23)19-12-21-17-9-8-15(10-18(17)22-19)20(2)11-16(20)14-6-4-3-5-7-14/h3-10,12,16H,11H2,1-2H3. The summed E-state index contributed by atoms with van der Waals surface area (Å²) < 4.78 is 0. The highest BCUT2D eigenvalue weighted by Gasteiger charge is 2.51. The van der Waals surface area contributed by atoms with Crippen molar-refractivity contribution in [2.45, 2.75) is 31.6 Å². The number of hydrogen-bond donors (Lipinski definition) is 0. The van der Waals surface area contributed by atoms with Crippen LogP contribution in [-0.4, -0.2) is 15.8 Å². The van der Waals surface area contributed by atoms with Crippen molar-refractivity contribution in [1.29, 1.82) is 0 Å². The number of rotatable bonds is 3. The van der Waals surface area contributed by atoms with Crippen LogP contribution in [-0.2, 0) is 5.41 Å². The van der Waals surface area contributed by atoms with Crippen molar-refractivity contribution in [1.82, 2.24) is 9.97 Å². The van der Waals surface area contributed by atoms with Crippen LogP contribution in [0.3, 0.4) is 0 Å². The van der Waals surface area contributed by atoms with Gasteiger partial charge in [0.2, 0.25) is 0 Å². The molecule has 4 rings (SSSR count). The highest BCUT2D eigenvalue weighted by Crippen LogP contribution is 2.60. The highest BCUT2D eigenvalue weighted by molar-refractivity contribution is 5.93. The molecule has 0 radical (unpaired) electrons. The predicted octanol–water partition coefficient (Wildman–Crippen LogP) is 4.28. The third kappa shape index (κ3) is 2.33. The molecule has 2 aromatic carbocycles. The molecule has 114 valence electrons. The number of ketones is 1. The average Bonchev–Trinajstić information content (AvgIpc) is 3.28. The number of carbonyl (C=O) groups excluding carboxylic acids is 1. The predicted molar refractivity (Wildman–Crippen MR) is 90.7 cm³/mol. The van der Waals surface area contributed by atoms with Crippen molar-refractivity contribution in [2.75, 3.05) is 0 Å². The van der Waals surface area contributed by atoms with Crippen molar-refractivity contribution in [2.24, 2.45) is 0 Å². The Balaban J connectivity index is 1.73. The first kappa shape index (κ1) is 14.1. The van der Waals surface area contributed by atoms with Gasteiger partial charge in [0, 0.05) is 12.3 Å². The van der Waals surface area contributed by atoms with E-state index in [-0.39, 0.29) is 11.2 Å². The molecular weight excluding hydrogens is 284 g/mol. The summed E-state index contributed by atoms with van der Waals surface area (Å²) in [5.41, 5.74) is 4.86. The molecule has 0 spiro atoms. The van der Waals surface area contributed by atoms with Crippen LogP contribution in [0.5, 0.6) is 0 Å². The van der Waals surface area contributed by atoms with Crippen LogP contribution in [0.4, 0.5) is 0 Å². The largest absolute Gasteiger partial charge is 0.293 e. The molecule has 0 amide bonds. The van der Waals surface area contributed by atoms with Crippen molar-refractivity contribution in [3.8, 4) is 0 Å². The monoisotopic (exact) mass is 302 g/mol. The molecule has 3 heteroatoms. The summed E-state index contributed by atoms with van der Waals surface area (Å²) in [5, 5.41) is 0. The van der Waals surface area contributed by atoms with Crippen molar-refractivity contribution < 1.29 is 4.79 Å². The lowest BCUT2D eigenvalue weighted by atomic mass is 9.92. The van der Waals surface area contributed by atoms with Gasteiger partial charge in [0.05, 0.1) is 17.2 Å². The maximum atomic E-state index is 11.5. The Kier molecular flexibility index (Phi) is 3.05. The second-order valence-electron chi connectivity index (χ2n) is 6.60. The summed E-state index contributed by atoms with van der Waals surface area (Å²) >= 11 is 0. The molecule has 1 aliphatic carbocycles. The SMILES string of the molecule is CC(=O)c1cnc2ccc(C3(C)CC3c3ccccc3)cc2n1. The number of carbonyl (C=O) groups is 1. The Morgan fingerprint density at radius 3 is 2.65 bits per heavy atom. The van der Waals surface area contributed by atoms with Gasteiger partial charge in [0.15, 0.2) is 5.78 Å². The molecule has 1 aliphatic rings. The minimum Gasteiger partial charge on any atom is -0.293 e. The Morgan fingerprint density at radius 2 is 1.91 bits per heavy atom. The highest BCUT2D eigenvalue weighted by atomic mass is 16.1. The second kappa shape index (κ2) is 4.98. The van der Waals surface area contributed by atoms with Gasteiger partial charge in [-0.2, -0.15) is 0 Å². The molecule has 3 aromatic rings. The molecule has 3 nitrogen and oxygen atoms in total. The van der Waals surface area contributed by atoms with Gasteiger partial charge in [0.1, 0.15) is 5.69 Å². The van der Waals surface area contributed by atoms with Gasteiger partial charge in [-0.1, -0.05) is 43.3 Å². The molecule has 1 aromatic heterocycles. The number of aromatic nitrogens is 2. The van der Waals surface area contributed by atoms with Crippen LogP contribution >= 0.6 is 0 Å². The normalized spacial score (nSPS) is 23.0. The summed E-state index contributed by atoms with van der Waals surface area (Å²) in [6.07, 6.45) is 2.69. The summed E-state index contributed by atoms with van der Waals surface area (Å²) in [6, 6.07) is 16.9. The van der Waals surface area contributed by atoms with E-state index >= 15 is 0 Å². The zero-order chi connectivity index (χ0) is 16.0. The molecule has 0 N–H and O–H groups in total. The quantitative estimate of drug-likeness (QED) is 0.678. The van der Waals surface area contributed by atoms with E-state index in [4.69, 9.17) is 0 Å². The Hall–Kier alpha value is -2.55. The van der Waals surface area contributed by atoms with Gasteiger partial charge >= 0.3 is 0 Å². The van der Waals surface area contributed by atoms with Gasteiger partial charge in [-0.3, -0.25) is 9.78 Å². The van der Waals surface area contributed by atoms with Crippen molar-refractivity contribution in [3.05, 3.63) is 71.5 Å². The maximum absolute atomic E-state index is 11.5. The fourth-order valence-electron chi connectivity index (χ4n) is 3.39. The van der Waals surface area contributed by atoms with Crippen LogP contribution in [0.2, 0.25) is 0 Å². The van der Waals surface area contributed by atoms with Crippen molar-refractivity contribution >= 4 is 16.8 Å². The molecule has 2 atom stereocenters. The number of Topliss-reactive ketones (excluding diaryl/α,β-unsaturated/α-hetero) is 1. The lowest BCUT2D eigenvalue weighted by Crippen LogP contribution is -2.05. The minimum absolute atomic E-state index is 0.0513. The summed E-state index contributed by atoms with van der Waals surface area (Å²) in [5.74, 6) is 0.495. The van der Waals surface area contributed by atoms with Crippen LogP contribution in [0, 0.1) is 0 Å². The van der Waals surface area contributed by atoms with Gasteiger partial charge in [-0.15, -0.1) is 0 Å². The van der Waals surface area contributed by atoms with Gasteiger partial charge < -0.3 is 0 Å². The topological polar surface area (TPSA) is 42.9 Å². The lowest BCUT2D eigenvalue weighted by molar-refractivity contribution is 0.101. The van der Waals surface area contributed by atoms with E-state index in [1.54, 1.807) is 6.20 Å². The summed E-state index contributed by atoms with van der Waals surface area (Å²) in [7, 11) is 0. The van der Waals surface area contributed by atoms with E-state index in [1.165, 1.54) is 18.1 Å². The van der Waals surface area contributed by atoms with E-state index in [2.05, 4.69) is 59.4 Å². The Bertz CT molecular complexity index is 904. The third-order valence-corrected chi connectivity index (χ3v) is 5.00.